The van der Waals surface area contributed by atoms with Crippen LogP contribution in [0, 0.1) is 23.5 Å². The van der Waals surface area contributed by atoms with Gasteiger partial charge in [-0.1, -0.05) is 44.2 Å². The maximum absolute atomic E-state index is 13.8. The van der Waals surface area contributed by atoms with Gasteiger partial charge in [0.25, 0.3) is 0 Å². The summed E-state index contributed by atoms with van der Waals surface area (Å²) in [6, 6.07) is 8.46. The normalized spacial score (nSPS) is 9.83. The maximum Gasteiger partial charge on any atom is 0.153 e. The minimum absolute atomic E-state index is 0.257. The molecule has 2 aromatic rings. The first-order chi connectivity index (χ1) is 11.6. The van der Waals surface area contributed by atoms with Gasteiger partial charge in [0, 0.05) is 11.1 Å². The van der Waals surface area contributed by atoms with E-state index in [9.17, 15) is 8.78 Å². The minimum Gasteiger partial charge on any atom is -0.204 e. The second kappa shape index (κ2) is 8.49. The van der Waals surface area contributed by atoms with Crippen LogP contribution in [0.2, 0.25) is 0 Å². The van der Waals surface area contributed by atoms with Crippen LogP contribution in [0.1, 0.15) is 42.5 Å². The Morgan fingerprint density at radius 1 is 1.04 bits per heavy atom. The van der Waals surface area contributed by atoms with Crippen LogP contribution >= 0.6 is 12.2 Å². The van der Waals surface area contributed by atoms with Crippen molar-refractivity contribution in [3.8, 4) is 11.8 Å². The number of aliphatic imine (C=N–C) groups is 1. The fraction of sp³-hybridized carbons (Fsp3) is 0.250. The molecule has 0 aliphatic rings. The molecular formula is C20H17F2NS. The number of nitrogens with zero attached hydrogens (tertiary/aromatic N) is 1. The van der Waals surface area contributed by atoms with E-state index in [0.29, 0.717) is 0 Å². The molecule has 24 heavy (non-hydrogen) atoms. The summed E-state index contributed by atoms with van der Waals surface area (Å²) in [7, 11) is 0. The Morgan fingerprint density at radius 3 is 2.33 bits per heavy atom. The lowest BCUT2D eigenvalue weighted by atomic mass is 9.99. The van der Waals surface area contributed by atoms with Gasteiger partial charge < -0.3 is 0 Å². The molecule has 0 unspecified atom stereocenters. The zero-order valence-corrected chi connectivity index (χ0v) is 14.4. The molecule has 0 saturated heterocycles. The molecule has 2 aromatic carbocycles. The Morgan fingerprint density at radius 2 is 1.75 bits per heavy atom. The number of halogens is 2. The van der Waals surface area contributed by atoms with Gasteiger partial charge in [0.1, 0.15) is 5.69 Å². The lowest BCUT2D eigenvalue weighted by molar-refractivity contribution is 0.587. The van der Waals surface area contributed by atoms with Crippen LogP contribution < -0.4 is 0 Å². The number of aryl methyl sites for hydroxylation is 2. The average Bonchev–Trinajstić information content (AvgIpc) is 2.57. The van der Waals surface area contributed by atoms with E-state index in [4.69, 9.17) is 0 Å². The van der Waals surface area contributed by atoms with Crippen molar-refractivity contribution in [1.29, 1.82) is 0 Å². The quantitative estimate of drug-likeness (QED) is 0.400. The molecule has 1 nitrogen and oxygen atoms in total. The molecule has 2 rings (SSSR count). The van der Waals surface area contributed by atoms with E-state index in [2.05, 4.69) is 49.0 Å². The lowest BCUT2D eigenvalue weighted by Gasteiger charge is -2.05. The summed E-state index contributed by atoms with van der Waals surface area (Å²) in [5.74, 6) is 4.22. The summed E-state index contributed by atoms with van der Waals surface area (Å²) in [5.41, 5.74) is 3.11. The number of hydrogen-bond donors (Lipinski definition) is 0. The van der Waals surface area contributed by atoms with Crippen molar-refractivity contribution >= 4 is 23.1 Å². The van der Waals surface area contributed by atoms with Crippen molar-refractivity contribution in [3.63, 3.8) is 0 Å². The summed E-state index contributed by atoms with van der Waals surface area (Å²) in [6.45, 7) is 4.20. The van der Waals surface area contributed by atoms with E-state index >= 15 is 0 Å². The number of isothiocyanates is 1. The van der Waals surface area contributed by atoms with E-state index in [1.807, 2.05) is 17.3 Å². The van der Waals surface area contributed by atoms with Crippen molar-refractivity contribution in [2.45, 2.75) is 33.1 Å². The highest BCUT2D eigenvalue weighted by molar-refractivity contribution is 7.78. The zero-order chi connectivity index (χ0) is 17.5. The minimum atomic E-state index is -0.800. The Labute approximate surface area is 146 Å². The second-order valence-electron chi connectivity index (χ2n) is 5.34. The highest BCUT2D eigenvalue weighted by Crippen LogP contribution is 2.23. The van der Waals surface area contributed by atoms with Crippen LogP contribution in [0.25, 0.3) is 0 Å². The van der Waals surface area contributed by atoms with Crippen LogP contribution in [0.5, 0.6) is 0 Å². The summed E-state index contributed by atoms with van der Waals surface area (Å²) in [6.07, 6.45) is 2.97. The smallest absolute Gasteiger partial charge is 0.153 e. The predicted molar refractivity (Wildman–Crippen MR) is 96.8 cm³/mol. The van der Waals surface area contributed by atoms with Crippen molar-refractivity contribution in [2.24, 2.45) is 4.99 Å². The van der Waals surface area contributed by atoms with Crippen LogP contribution in [-0.4, -0.2) is 5.16 Å². The fourth-order valence-corrected chi connectivity index (χ4v) is 2.53. The molecule has 0 spiro atoms. The lowest BCUT2D eigenvalue weighted by Crippen LogP contribution is -1.92. The summed E-state index contributed by atoms with van der Waals surface area (Å²) in [4.78, 5) is 3.39. The third-order valence-electron chi connectivity index (χ3n) is 3.61. The van der Waals surface area contributed by atoms with Crippen LogP contribution in [-0.2, 0) is 12.8 Å². The largest absolute Gasteiger partial charge is 0.204 e. The van der Waals surface area contributed by atoms with E-state index in [-0.39, 0.29) is 5.56 Å². The Balaban J connectivity index is 2.38. The SMILES string of the molecule is CCCc1ccc(C#Cc2cc(F)c(N=C=S)c(F)c2)c(CC)c1. The molecule has 122 valence electrons. The molecular weight excluding hydrogens is 324 g/mol. The van der Waals surface area contributed by atoms with Gasteiger partial charge in [-0.15, -0.1) is 0 Å². The van der Waals surface area contributed by atoms with Gasteiger partial charge in [-0.2, -0.15) is 4.99 Å². The standard InChI is InChI=1S/C20H17F2NS/c1-3-5-14-6-8-17(16(4-2)10-14)9-7-15-11-18(21)20(23-13-24)19(22)12-15/h6,8,10-12H,3-5H2,1-2H3. The Hall–Kier alpha value is -2.34. The molecule has 0 aliphatic heterocycles. The number of hydrogen-bond acceptors (Lipinski definition) is 2. The number of thiocarbonyl (C=S) groups is 1. The first-order valence-electron chi connectivity index (χ1n) is 7.79. The van der Waals surface area contributed by atoms with E-state index in [1.165, 1.54) is 5.56 Å². The molecule has 0 aliphatic carbocycles. The second-order valence-corrected chi connectivity index (χ2v) is 5.52. The molecule has 4 heteroatoms. The number of rotatable bonds is 4. The molecule has 0 saturated carbocycles. The van der Waals surface area contributed by atoms with Crippen LogP contribution in [0.15, 0.2) is 35.3 Å². The highest BCUT2D eigenvalue weighted by atomic mass is 32.1. The zero-order valence-electron chi connectivity index (χ0n) is 13.6. The summed E-state index contributed by atoms with van der Waals surface area (Å²) in [5, 5.41) is 1.97. The van der Waals surface area contributed by atoms with Gasteiger partial charge in [-0.05, 0) is 54.4 Å². The third-order valence-corrected chi connectivity index (χ3v) is 3.70. The van der Waals surface area contributed by atoms with Crippen molar-refractivity contribution in [2.75, 3.05) is 0 Å². The van der Waals surface area contributed by atoms with E-state index in [0.717, 1.165) is 42.5 Å². The van der Waals surface area contributed by atoms with Gasteiger partial charge >= 0.3 is 0 Å². The first-order valence-corrected chi connectivity index (χ1v) is 8.20. The molecule has 0 amide bonds. The number of benzene rings is 2. The molecule has 0 heterocycles. The van der Waals surface area contributed by atoms with Gasteiger partial charge in [0.15, 0.2) is 11.6 Å². The van der Waals surface area contributed by atoms with E-state index < -0.39 is 17.3 Å². The Bertz CT molecular complexity index is 833. The molecule has 0 bridgehead atoms. The maximum atomic E-state index is 13.8. The Kier molecular flexibility index (Phi) is 6.37. The summed E-state index contributed by atoms with van der Waals surface area (Å²) >= 11 is 4.38. The topological polar surface area (TPSA) is 12.4 Å². The van der Waals surface area contributed by atoms with Gasteiger partial charge in [-0.25, -0.2) is 8.78 Å². The molecule has 0 N–H and O–H groups in total. The first kappa shape index (κ1) is 18.0. The monoisotopic (exact) mass is 341 g/mol. The average molecular weight is 341 g/mol. The fourth-order valence-electron chi connectivity index (χ4n) is 2.44. The molecule has 0 atom stereocenters. The van der Waals surface area contributed by atoms with Gasteiger partial charge in [0.2, 0.25) is 0 Å². The van der Waals surface area contributed by atoms with Gasteiger partial charge in [0.05, 0.1) is 5.16 Å². The van der Waals surface area contributed by atoms with Crippen molar-refractivity contribution in [3.05, 3.63) is 64.2 Å². The summed E-state index contributed by atoms with van der Waals surface area (Å²) < 4.78 is 27.6. The predicted octanol–water partition coefficient (Wildman–Crippen LogP) is 5.61. The van der Waals surface area contributed by atoms with Crippen molar-refractivity contribution < 1.29 is 8.78 Å². The highest BCUT2D eigenvalue weighted by Gasteiger charge is 2.09. The van der Waals surface area contributed by atoms with E-state index in [1.54, 1.807) is 0 Å². The molecule has 0 aromatic heterocycles. The molecule has 0 radical (unpaired) electrons. The van der Waals surface area contributed by atoms with Crippen LogP contribution in [0.3, 0.4) is 0 Å². The van der Waals surface area contributed by atoms with Gasteiger partial charge in [-0.3, -0.25) is 0 Å². The van der Waals surface area contributed by atoms with Crippen LogP contribution in [0.4, 0.5) is 14.5 Å². The molecule has 0 fully saturated rings. The third kappa shape index (κ3) is 4.35. The van der Waals surface area contributed by atoms with Crippen molar-refractivity contribution in [1.82, 2.24) is 0 Å².